The Labute approximate surface area is 144 Å². The van der Waals surface area contributed by atoms with E-state index in [4.69, 9.17) is 0 Å². The van der Waals surface area contributed by atoms with Gasteiger partial charge in [0.1, 0.15) is 0 Å². The van der Waals surface area contributed by atoms with Crippen LogP contribution in [0.5, 0.6) is 0 Å². The van der Waals surface area contributed by atoms with Gasteiger partial charge >= 0.3 is 0 Å². The molecule has 1 fully saturated rings. The van der Waals surface area contributed by atoms with Crippen LogP contribution in [0, 0.1) is 0 Å². The second-order valence-corrected chi connectivity index (χ2v) is 6.44. The first kappa shape index (κ1) is 18.2. The van der Waals surface area contributed by atoms with Gasteiger partial charge in [0.05, 0.1) is 6.54 Å². The van der Waals surface area contributed by atoms with Gasteiger partial charge in [-0.2, -0.15) is 0 Å². The minimum absolute atomic E-state index is 0.0529. The monoisotopic (exact) mass is 329 g/mol. The zero-order valence-corrected chi connectivity index (χ0v) is 14.9. The van der Waals surface area contributed by atoms with Crippen molar-refractivity contribution in [3.05, 3.63) is 42.0 Å². The maximum Gasteiger partial charge on any atom is 0.246 e. The minimum Gasteiger partial charge on any atom is -0.348 e. The van der Waals surface area contributed by atoms with Crippen LogP contribution in [0.4, 0.5) is 0 Å². The van der Waals surface area contributed by atoms with Gasteiger partial charge in [0, 0.05) is 46.4 Å². The number of amides is 2. The van der Waals surface area contributed by atoms with Gasteiger partial charge in [-0.15, -0.1) is 0 Å². The highest BCUT2D eigenvalue weighted by Crippen LogP contribution is 2.14. The van der Waals surface area contributed by atoms with Crippen LogP contribution in [0.15, 0.2) is 36.4 Å². The molecule has 2 rings (SSSR count). The lowest BCUT2D eigenvalue weighted by molar-refractivity contribution is -0.129. The molecule has 5 nitrogen and oxygen atoms in total. The van der Waals surface area contributed by atoms with Gasteiger partial charge in [-0.25, -0.2) is 0 Å². The summed E-state index contributed by atoms with van der Waals surface area (Å²) in [6.07, 6.45) is 2.61. The molecule has 0 unspecified atom stereocenters. The van der Waals surface area contributed by atoms with Crippen molar-refractivity contribution >= 4 is 17.4 Å². The third kappa shape index (κ3) is 5.20. The van der Waals surface area contributed by atoms with Crippen molar-refractivity contribution in [3.63, 3.8) is 0 Å². The Morgan fingerprint density at radius 3 is 2.46 bits per heavy atom. The van der Waals surface area contributed by atoms with Gasteiger partial charge in [-0.05, 0) is 24.5 Å². The standard InChI is InChI=1S/C19H27N3O2/c1-16(17-8-5-4-6-9-17)14-18(23)22-11-7-10-21(12-13-22)15-19(24)20(2)3/h4-6,8-9,14H,7,10-13,15H2,1-3H3/b16-14+. The molecule has 0 aromatic heterocycles. The van der Waals surface area contributed by atoms with Crippen LogP contribution in [0.3, 0.4) is 0 Å². The van der Waals surface area contributed by atoms with Gasteiger partial charge in [-0.3, -0.25) is 14.5 Å². The predicted octanol–water partition coefficient (Wildman–Crippen LogP) is 1.71. The van der Waals surface area contributed by atoms with Gasteiger partial charge < -0.3 is 9.80 Å². The molecule has 0 N–H and O–H groups in total. The SMILES string of the molecule is C/C(=C\C(=O)N1CCCN(CC(=O)N(C)C)CC1)c1ccccc1. The van der Waals surface area contributed by atoms with E-state index < -0.39 is 0 Å². The second-order valence-electron chi connectivity index (χ2n) is 6.44. The number of hydrogen-bond donors (Lipinski definition) is 0. The number of hydrogen-bond acceptors (Lipinski definition) is 3. The summed E-state index contributed by atoms with van der Waals surface area (Å²) in [5, 5.41) is 0. The highest BCUT2D eigenvalue weighted by molar-refractivity contribution is 5.94. The van der Waals surface area contributed by atoms with E-state index in [0.29, 0.717) is 13.1 Å². The third-order valence-electron chi connectivity index (χ3n) is 4.33. The smallest absolute Gasteiger partial charge is 0.246 e. The van der Waals surface area contributed by atoms with E-state index in [1.807, 2.05) is 42.2 Å². The van der Waals surface area contributed by atoms with Gasteiger partial charge in [-0.1, -0.05) is 30.3 Å². The minimum atomic E-state index is 0.0529. The van der Waals surface area contributed by atoms with Crippen LogP contribution in [-0.2, 0) is 9.59 Å². The molecular weight excluding hydrogens is 302 g/mol. The first-order valence-electron chi connectivity index (χ1n) is 8.42. The molecule has 0 bridgehead atoms. The molecule has 1 saturated heterocycles. The predicted molar refractivity (Wildman–Crippen MR) is 96.4 cm³/mol. The summed E-state index contributed by atoms with van der Waals surface area (Å²) in [6, 6.07) is 9.94. The molecule has 24 heavy (non-hydrogen) atoms. The highest BCUT2D eigenvalue weighted by Gasteiger charge is 2.20. The Kier molecular flexibility index (Phi) is 6.55. The molecule has 1 aromatic rings. The van der Waals surface area contributed by atoms with Crippen molar-refractivity contribution in [2.24, 2.45) is 0 Å². The van der Waals surface area contributed by atoms with E-state index in [1.54, 1.807) is 25.1 Å². The fourth-order valence-electron chi connectivity index (χ4n) is 2.74. The normalized spacial score (nSPS) is 16.6. The molecule has 0 spiro atoms. The van der Waals surface area contributed by atoms with Crippen molar-refractivity contribution < 1.29 is 9.59 Å². The zero-order valence-electron chi connectivity index (χ0n) is 14.9. The van der Waals surface area contributed by atoms with Crippen LogP contribution in [0.2, 0.25) is 0 Å². The molecule has 5 heteroatoms. The number of likely N-dealkylation sites (N-methyl/N-ethyl adjacent to an activating group) is 1. The topological polar surface area (TPSA) is 43.9 Å². The number of rotatable bonds is 4. The van der Waals surface area contributed by atoms with E-state index >= 15 is 0 Å². The van der Waals surface area contributed by atoms with Crippen molar-refractivity contribution in [1.29, 1.82) is 0 Å². The van der Waals surface area contributed by atoms with Crippen LogP contribution < -0.4 is 0 Å². The first-order valence-corrected chi connectivity index (χ1v) is 8.42. The Balaban J connectivity index is 1.93. The molecule has 0 saturated carbocycles. The molecule has 1 heterocycles. The summed E-state index contributed by atoms with van der Waals surface area (Å²) in [5.74, 6) is 0.159. The number of benzene rings is 1. The van der Waals surface area contributed by atoms with E-state index in [-0.39, 0.29) is 11.8 Å². The average Bonchev–Trinajstić information content (AvgIpc) is 2.81. The van der Waals surface area contributed by atoms with Gasteiger partial charge in [0.15, 0.2) is 0 Å². The Morgan fingerprint density at radius 1 is 1.08 bits per heavy atom. The zero-order chi connectivity index (χ0) is 17.5. The van der Waals surface area contributed by atoms with Crippen molar-refractivity contribution in [3.8, 4) is 0 Å². The average molecular weight is 329 g/mol. The molecule has 2 amide bonds. The number of allylic oxidation sites excluding steroid dienone is 1. The Hall–Kier alpha value is -2.14. The summed E-state index contributed by atoms with van der Waals surface area (Å²) in [6.45, 7) is 5.39. The Morgan fingerprint density at radius 2 is 1.79 bits per heavy atom. The second kappa shape index (κ2) is 8.64. The van der Waals surface area contributed by atoms with Gasteiger partial charge in [0.25, 0.3) is 0 Å². The molecule has 130 valence electrons. The molecule has 0 atom stereocenters. The lowest BCUT2D eigenvalue weighted by Crippen LogP contribution is -2.39. The lowest BCUT2D eigenvalue weighted by Gasteiger charge is -2.22. The van der Waals surface area contributed by atoms with Crippen LogP contribution in [-0.4, -0.2) is 73.3 Å². The summed E-state index contributed by atoms with van der Waals surface area (Å²) in [4.78, 5) is 30.0. The van der Waals surface area contributed by atoms with E-state index in [9.17, 15) is 9.59 Å². The molecule has 0 radical (unpaired) electrons. The maximum atomic E-state index is 12.5. The Bertz CT molecular complexity index is 596. The van der Waals surface area contributed by atoms with Crippen LogP contribution >= 0.6 is 0 Å². The number of carbonyl (C=O) groups is 2. The number of carbonyl (C=O) groups excluding carboxylic acids is 2. The summed E-state index contributed by atoms with van der Waals surface area (Å²) < 4.78 is 0. The molecule has 1 aliphatic heterocycles. The highest BCUT2D eigenvalue weighted by atomic mass is 16.2. The van der Waals surface area contributed by atoms with Crippen molar-refractivity contribution in [2.45, 2.75) is 13.3 Å². The third-order valence-corrected chi connectivity index (χ3v) is 4.33. The van der Waals surface area contributed by atoms with Crippen LogP contribution in [0.1, 0.15) is 18.9 Å². The van der Waals surface area contributed by atoms with E-state index in [0.717, 1.165) is 37.2 Å². The molecule has 0 aliphatic carbocycles. The molecular formula is C19H27N3O2. The summed E-state index contributed by atoms with van der Waals surface area (Å²) in [5.41, 5.74) is 2.04. The fraction of sp³-hybridized carbons (Fsp3) is 0.474. The summed E-state index contributed by atoms with van der Waals surface area (Å²) >= 11 is 0. The van der Waals surface area contributed by atoms with Gasteiger partial charge in [0.2, 0.25) is 11.8 Å². The largest absolute Gasteiger partial charge is 0.348 e. The van der Waals surface area contributed by atoms with Crippen LogP contribution in [0.25, 0.3) is 5.57 Å². The fourth-order valence-corrected chi connectivity index (χ4v) is 2.74. The van der Waals surface area contributed by atoms with Crippen molar-refractivity contribution in [2.75, 3.05) is 46.8 Å². The maximum absolute atomic E-state index is 12.5. The quantitative estimate of drug-likeness (QED) is 0.790. The summed E-state index contributed by atoms with van der Waals surface area (Å²) in [7, 11) is 3.54. The first-order chi connectivity index (χ1) is 11.5. The van der Waals surface area contributed by atoms with Crippen molar-refractivity contribution in [1.82, 2.24) is 14.7 Å². The van der Waals surface area contributed by atoms with E-state index in [2.05, 4.69) is 4.90 Å². The number of nitrogens with zero attached hydrogens (tertiary/aromatic N) is 3. The molecule has 1 aromatic carbocycles. The van der Waals surface area contributed by atoms with E-state index in [1.165, 1.54) is 0 Å². The lowest BCUT2D eigenvalue weighted by atomic mass is 10.1. The molecule has 1 aliphatic rings.